The van der Waals surface area contributed by atoms with Gasteiger partial charge in [-0.25, -0.2) is 0 Å². The lowest BCUT2D eigenvalue weighted by molar-refractivity contribution is 1.11. The van der Waals surface area contributed by atoms with Crippen LogP contribution >= 0.6 is 12.6 Å². The molecule has 0 unspecified atom stereocenters. The highest BCUT2D eigenvalue weighted by atomic mass is 32.1. The van der Waals surface area contributed by atoms with Crippen molar-refractivity contribution in [1.82, 2.24) is 0 Å². The summed E-state index contributed by atoms with van der Waals surface area (Å²) < 4.78 is 0. The molecule has 0 saturated carbocycles. The normalized spacial score (nSPS) is 11.0. The number of hydrogen-bond donors (Lipinski definition) is 1. The van der Waals surface area contributed by atoms with Gasteiger partial charge in [0.25, 0.3) is 0 Å². The van der Waals surface area contributed by atoms with Gasteiger partial charge in [-0.05, 0) is 37.0 Å². The van der Waals surface area contributed by atoms with Crippen molar-refractivity contribution in [3.8, 4) is 0 Å². The Hall–Kier alpha value is -0.690. The van der Waals surface area contributed by atoms with Crippen LogP contribution in [0, 0.1) is 0 Å². The lowest BCUT2D eigenvalue weighted by Crippen LogP contribution is -1.92. The van der Waals surface area contributed by atoms with Crippen molar-refractivity contribution in [2.75, 3.05) is 5.75 Å². The molecule has 0 aromatic carbocycles. The highest BCUT2D eigenvalue weighted by molar-refractivity contribution is 7.80. The first-order valence-electron chi connectivity index (χ1n) is 4.85. The minimum atomic E-state index is 0.672. The van der Waals surface area contributed by atoms with Crippen molar-refractivity contribution >= 4 is 12.6 Å². The molecule has 0 aromatic heterocycles. The largest absolute Gasteiger partial charge is 0.175 e. The van der Waals surface area contributed by atoms with Gasteiger partial charge < -0.3 is 0 Å². The average molecular weight is 208 g/mol. The van der Waals surface area contributed by atoms with Gasteiger partial charge in [0, 0.05) is 5.75 Å². The molecule has 0 saturated heterocycles. The number of hydrogen-bond acceptors (Lipinski definition) is 1. The Labute approximate surface area is 93.5 Å². The first kappa shape index (κ1) is 13.3. The zero-order valence-corrected chi connectivity index (χ0v) is 10.3. The van der Waals surface area contributed by atoms with Crippen molar-refractivity contribution in [3.63, 3.8) is 0 Å². The van der Waals surface area contributed by atoms with Gasteiger partial charge in [-0.3, -0.25) is 0 Å². The van der Waals surface area contributed by atoms with E-state index in [-0.39, 0.29) is 0 Å². The van der Waals surface area contributed by atoms with Crippen molar-refractivity contribution < 1.29 is 0 Å². The van der Waals surface area contributed by atoms with Crippen LogP contribution in [0.3, 0.4) is 0 Å². The van der Waals surface area contributed by atoms with E-state index in [1.54, 1.807) is 0 Å². The summed E-state index contributed by atoms with van der Waals surface area (Å²) in [5, 5.41) is 0. The highest BCUT2D eigenvalue weighted by Gasteiger charge is 2.02. The molecular weight excluding hydrogens is 188 g/mol. The monoisotopic (exact) mass is 208 g/mol. The molecule has 0 atom stereocenters. The topological polar surface area (TPSA) is 0 Å². The molecule has 0 radical (unpaired) electrons. The molecule has 0 amide bonds. The SMILES string of the molecule is C=C(CS)C(=C)/C(=C\C=C(C)C)CC. The summed E-state index contributed by atoms with van der Waals surface area (Å²) in [6, 6.07) is 0. The maximum Gasteiger partial charge on any atom is 0.0154 e. The fraction of sp³-hybridized carbons (Fsp3) is 0.385. The molecule has 0 aliphatic rings. The van der Waals surface area contributed by atoms with Crippen molar-refractivity contribution in [3.05, 3.63) is 47.6 Å². The summed E-state index contributed by atoms with van der Waals surface area (Å²) in [4.78, 5) is 0. The van der Waals surface area contributed by atoms with Crippen LogP contribution in [0.25, 0.3) is 0 Å². The maximum absolute atomic E-state index is 4.19. The summed E-state index contributed by atoms with van der Waals surface area (Å²) in [5.41, 5.74) is 4.56. The molecule has 78 valence electrons. The van der Waals surface area contributed by atoms with E-state index in [2.05, 4.69) is 58.7 Å². The smallest absolute Gasteiger partial charge is 0.0154 e. The first-order valence-corrected chi connectivity index (χ1v) is 5.48. The first-order chi connectivity index (χ1) is 6.52. The maximum atomic E-state index is 4.19. The summed E-state index contributed by atoms with van der Waals surface area (Å²) in [5.74, 6) is 0.672. The summed E-state index contributed by atoms with van der Waals surface area (Å²) in [6.45, 7) is 14.3. The molecule has 0 bridgehead atoms. The molecular formula is C13H20S. The molecule has 14 heavy (non-hydrogen) atoms. The molecule has 0 heterocycles. The van der Waals surface area contributed by atoms with Crippen LogP contribution in [0.15, 0.2) is 47.6 Å². The zero-order valence-electron chi connectivity index (χ0n) is 9.43. The summed E-state index contributed by atoms with van der Waals surface area (Å²) in [6.07, 6.45) is 5.21. The molecule has 0 spiro atoms. The van der Waals surface area contributed by atoms with Crippen LogP contribution in [0.4, 0.5) is 0 Å². The summed E-state index contributed by atoms with van der Waals surface area (Å²) >= 11 is 4.19. The molecule has 0 fully saturated rings. The van der Waals surface area contributed by atoms with E-state index in [0.717, 1.165) is 17.6 Å². The lowest BCUT2D eigenvalue weighted by atomic mass is 9.99. The third-order valence-corrected chi connectivity index (χ3v) is 2.39. The van der Waals surface area contributed by atoms with Gasteiger partial charge in [-0.2, -0.15) is 12.6 Å². The van der Waals surface area contributed by atoms with Crippen LogP contribution in [0.1, 0.15) is 27.2 Å². The molecule has 0 aliphatic heterocycles. The van der Waals surface area contributed by atoms with E-state index in [0.29, 0.717) is 5.75 Å². The lowest BCUT2D eigenvalue weighted by Gasteiger charge is -2.09. The van der Waals surface area contributed by atoms with E-state index < -0.39 is 0 Å². The van der Waals surface area contributed by atoms with Crippen LogP contribution in [-0.2, 0) is 0 Å². The Balaban J connectivity index is 4.73. The van der Waals surface area contributed by atoms with Crippen molar-refractivity contribution in [2.24, 2.45) is 0 Å². The van der Waals surface area contributed by atoms with E-state index in [1.807, 2.05) is 0 Å². The number of rotatable bonds is 5. The second-order valence-electron chi connectivity index (χ2n) is 3.53. The van der Waals surface area contributed by atoms with Crippen molar-refractivity contribution in [2.45, 2.75) is 27.2 Å². The van der Waals surface area contributed by atoms with Crippen molar-refractivity contribution in [1.29, 1.82) is 0 Å². The number of allylic oxidation sites excluding steroid dienone is 5. The van der Waals surface area contributed by atoms with Crippen LogP contribution in [-0.4, -0.2) is 5.75 Å². The third-order valence-electron chi connectivity index (χ3n) is 2.00. The van der Waals surface area contributed by atoms with Gasteiger partial charge in [0.1, 0.15) is 0 Å². The fourth-order valence-electron chi connectivity index (χ4n) is 1.02. The van der Waals surface area contributed by atoms with Gasteiger partial charge in [-0.1, -0.05) is 37.8 Å². The second kappa shape index (κ2) is 6.72. The highest BCUT2D eigenvalue weighted by Crippen LogP contribution is 2.20. The Bertz CT molecular complexity index is 276. The Morgan fingerprint density at radius 3 is 2.14 bits per heavy atom. The quantitative estimate of drug-likeness (QED) is 0.504. The molecule has 0 nitrogen and oxygen atoms in total. The van der Waals surface area contributed by atoms with Crippen LogP contribution in [0.2, 0.25) is 0 Å². The fourth-order valence-corrected chi connectivity index (χ4v) is 1.21. The average Bonchev–Trinajstić information content (AvgIpc) is 2.16. The number of thiol groups is 1. The predicted molar refractivity (Wildman–Crippen MR) is 69.9 cm³/mol. The Morgan fingerprint density at radius 2 is 1.79 bits per heavy atom. The molecule has 0 rings (SSSR count). The minimum absolute atomic E-state index is 0.672. The standard InChI is InChI=1S/C13H20S/c1-6-13(8-7-10(2)3)12(5)11(4)9-14/h7-8,14H,4-6,9H2,1-3H3/b13-8-. The molecule has 0 aromatic rings. The molecule has 0 N–H and O–H groups in total. The Morgan fingerprint density at radius 1 is 1.21 bits per heavy atom. The second-order valence-corrected chi connectivity index (χ2v) is 3.85. The van der Waals surface area contributed by atoms with E-state index in [4.69, 9.17) is 0 Å². The summed E-state index contributed by atoms with van der Waals surface area (Å²) in [7, 11) is 0. The van der Waals surface area contributed by atoms with Gasteiger partial charge in [0.05, 0.1) is 0 Å². The van der Waals surface area contributed by atoms with E-state index >= 15 is 0 Å². The minimum Gasteiger partial charge on any atom is -0.175 e. The molecule has 1 heteroatoms. The predicted octanol–water partition coefficient (Wildman–Crippen LogP) is 4.33. The zero-order chi connectivity index (χ0) is 11.1. The van der Waals surface area contributed by atoms with Gasteiger partial charge >= 0.3 is 0 Å². The van der Waals surface area contributed by atoms with E-state index in [9.17, 15) is 0 Å². The third kappa shape index (κ3) is 4.52. The van der Waals surface area contributed by atoms with Gasteiger partial charge in [-0.15, -0.1) is 0 Å². The molecule has 0 aliphatic carbocycles. The van der Waals surface area contributed by atoms with Crippen LogP contribution in [0.5, 0.6) is 0 Å². The van der Waals surface area contributed by atoms with Gasteiger partial charge in [0.2, 0.25) is 0 Å². The van der Waals surface area contributed by atoms with E-state index in [1.165, 1.54) is 11.1 Å². The van der Waals surface area contributed by atoms with Gasteiger partial charge in [0.15, 0.2) is 0 Å². The Kier molecular flexibility index (Phi) is 6.39. The van der Waals surface area contributed by atoms with Crippen LogP contribution < -0.4 is 0 Å².